The van der Waals surface area contributed by atoms with Crippen molar-refractivity contribution in [2.24, 2.45) is 5.92 Å². The van der Waals surface area contributed by atoms with Crippen LogP contribution in [0.1, 0.15) is 79.3 Å². The molecule has 2 aliphatic carbocycles. The molecular weight excluding hydrogens is 478 g/mol. The summed E-state index contributed by atoms with van der Waals surface area (Å²) in [5.74, 6) is 0.265. The second kappa shape index (κ2) is 9.48. The number of pyridine rings is 1. The average Bonchev–Trinajstić information content (AvgIpc) is 3.62. The highest BCUT2D eigenvalue weighted by atomic mass is 32.2. The quantitative estimate of drug-likeness (QED) is 0.441. The van der Waals surface area contributed by atoms with Crippen molar-refractivity contribution in [3.8, 4) is 0 Å². The first-order valence-electron chi connectivity index (χ1n) is 12.6. The molecule has 9 nitrogen and oxygen atoms in total. The molecule has 3 N–H and O–H groups in total. The van der Waals surface area contributed by atoms with Crippen molar-refractivity contribution in [3.05, 3.63) is 47.2 Å². The van der Waals surface area contributed by atoms with E-state index in [9.17, 15) is 13.2 Å². The summed E-state index contributed by atoms with van der Waals surface area (Å²) in [6.45, 7) is 6.28. The molecule has 0 bridgehead atoms. The molecule has 0 aliphatic heterocycles. The van der Waals surface area contributed by atoms with Gasteiger partial charge >= 0.3 is 5.97 Å². The predicted octanol–water partition coefficient (Wildman–Crippen LogP) is 3.73. The number of anilines is 1. The molecule has 36 heavy (non-hydrogen) atoms. The second-order valence-electron chi connectivity index (χ2n) is 10.2. The molecule has 0 saturated heterocycles. The van der Waals surface area contributed by atoms with Gasteiger partial charge in [0.1, 0.15) is 5.82 Å². The van der Waals surface area contributed by atoms with Crippen LogP contribution in [-0.4, -0.2) is 42.1 Å². The molecule has 2 aliphatic rings. The fourth-order valence-corrected chi connectivity index (χ4v) is 6.70. The van der Waals surface area contributed by atoms with E-state index in [1.165, 1.54) is 0 Å². The standard InChI is InChI=1S/C26H33N5O4S/c1-4-35-26(32)23-25(27)31(14-29-23)19-8-7-17-9-18-13-28-22(16-5-6-16)11-21(18)24(20(17)10-19)36(33,34)30-12-15(2)3/h9,11,13-16,19,30H,4-8,10,12,27H2,1-3H3. The third kappa shape index (κ3) is 4.59. The topological polar surface area (TPSA) is 129 Å². The number of nitrogens with two attached hydrogens (primary N) is 1. The Kier molecular flexibility index (Phi) is 6.50. The summed E-state index contributed by atoms with van der Waals surface area (Å²) in [5.41, 5.74) is 9.15. The molecular formula is C26H33N5O4S. The van der Waals surface area contributed by atoms with E-state index in [2.05, 4.69) is 20.8 Å². The van der Waals surface area contributed by atoms with Gasteiger partial charge in [-0.2, -0.15) is 0 Å². The van der Waals surface area contributed by atoms with Gasteiger partial charge in [-0.3, -0.25) is 4.98 Å². The van der Waals surface area contributed by atoms with Gasteiger partial charge in [-0.15, -0.1) is 0 Å². The van der Waals surface area contributed by atoms with Crippen LogP contribution in [0.15, 0.2) is 29.6 Å². The van der Waals surface area contributed by atoms with Crippen molar-refractivity contribution in [2.75, 3.05) is 18.9 Å². The number of nitrogens with one attached hydrogen (secondary N) is 1. The van der Waals surface area contributed by atoms with Crippen LogP contribution in [0.4, 0.5) is 5.82 Å². The third-order valence-corrected chi connectivity index (χ3v) is 8.57. The Morgan fingerprint density at radius 1 is 1.25 bits per heavy atom. The van der Waals surface area contributed by atoms with E-state index >= 15 is 0 Å². The minimum Gasteiger partial charge on any atom is -0.461 e. The highest BCUT2D eigenvalue weighted by Crippen LogP contribution is 2.42. The van der Waals surface area contributed by atoms with Gasteiger partial charge in [0, 0.05) is 41.2 Å². The van der Waals surface area contributed by atoms with Crippen LogP contribution in [0.2, 0.25) is 0 Å². The number of carbonyl (C=O) groups excluding carboxylic acids is 1. The summed E-state index contributed by atoms with van der Waals surface area (Å²) in [5, 5.41) is 1.56. The zero-order chi connectivity index (χ0) is 25.6. The van der Waals surface area contributed by atoms with Crippen LogP contribution in [0.5, 0.6) is 0 Å². The second-order valence-corrected chi connectivity index (χ2v) is 11.9. The molecule has 2 heterocycles. The van der Waals surface area contributed by atoms with E-state index in [1.807, 2.05) is 26.1 Å². The van der Waals surface area contributed by atoms with Crippen molar-refractivity contribution in [3.63, 3.8) is 0 Å². The first kappa shape index (κ1) is 24.7. The molecule has 10 heteroatoms. The lowest BCUT2D eigenvalue weighted by Crippen LogP contribution is -2.30. The fourth-order valence-electron chi connectivity index (χ4n) is 5.00. The van der Waals surface area contributed by atoms with E-state index in [1.54, 1.807) is 17.8 Å². The first-order chi connectivity index (χ1) is 17.2. The summed E-state index contributed by atoms with van der Waals surface area (Å²) in [6, 6.07) is 3.91. The number of aromatic nitrogens is 3. The number of nitrogens with zero attached hydrogens (tertiary/aromatic N) is 3. The van der Waals surface area contributed by atoms with Gasteiger partial charge in [0.05, 0.1) is 17.8 Å². The SMILES string of the molecule is CCOC(=O)c1ncn(C2CCc3cc4cnc(C5CC5)cc4c(S(=O)(=O)NCC(C)C)c3C2)c1N. The van der Waals surface area contributed by atoms with Crippen LogP contribution in [0.3, 0.4) is 0 Å². The van der Waals surface area contributed by atoms with Gasteiger partial charge in [0.15, 0.2) is 5.69 Å². The van der Waals surface area contributed by atoms with Crippen molar-refractivity contribution >= 4 is 32.6 Å². The van der Waals surface area contributed by atoms with Crippen molar-refractivity contribution < 1.29 is 17.9 Å². The highest BCUT2D eigenvalue weighted by Gasteiger charge is 2.32. The number of ether oxygens (including phenoxy) is 1. The van der Waals surface area contributed by atoms with Crippen LogP contribution < -0.4 is 10.5 Å². The zero-order valence-corrected chi connectivity index (χ0v) is 21.8. The summed E-state index contributed by atoms with van der Waals surface area (Å²) in [7, 11) is -3.78. The lowest BCUT2D eigenvalue weighted by molar-refractivity contribution is 0.0521. The van der Waals surface area contributed by atoms with Gasteiger partial charge in [-0.25, -0.2) is 22.9 Å². The Bertz CT molecular complexity index is 1430. The summed E-state index contributed by atoms with van der Waals surface area (Å²) < 4.78 is 37.2. The van der Waals surface area contributed by atoms with Crippen molar-refractivity contribution in [2.45, 2.75) is 69.7 Å². The number of benzene rings is 1. The smallest absolute Gasteiger partial charge is 0.360 e. The van der Waals surface area contributed by atoms with E-state index in [4.69, 9.17) is 10.5 Å². The Morgan fingerprint density at radius 2 is 2.03 bits per heavy atom. The number of rotatable bonds is 8. The minimum atomic E-state index is -3.78. The lowest BCUT2D eigenvalue weighted by Gasteiger charge is -2.29. The number of esters is 1. The molecule has 192 valence electrons. The zero-order valence-electron chi connectivity index (χ0n) is 21.0. The molecule has 1 atom stereocenters. The molecule has 3 aromatic rings. The number of nitrogen functional groups attached to an aromatic ring is 1. The molecule has 1 fully saturated rings. The van der Waals surface area contributed by atoms with Crippen LogP contribution >= 0.6 is 0 Å². The number of hydrogen-bond acceptors (Lipinski definition) is 7. The molecule has 0 amide bonds. The number of imidazole rings is 1. The molecule has 1 saturated carbocycles. The number of aryl methyl sites for hydroxylation is 1. The Balaban J connectivity index is 1.61. The van der Waals surface area contributed by atoms with Gasteiger partial charge in [-0.05, 0) is 68.2 Å². The lowest BCUT2D eigenvalue weighted by atomic mass is 9.86. The molecule has 0 radical (unpaired) electrons. The number of carbonyl (C=O) groups is 1. The maximum absolute atomic E-state index is 13.8. The largest absolute Gasteiger partial charge is 0.461 e. The van der Waals surface area contributed by atoms with Gasteiger partial charge in [0.25, 0.3) is 0 Å². The van der Waals surface area contributed by atoms with Crippen LogP contribution in [0.25, 0.3) is 10.8 Å². The molecule has 5 rings (SSSR count). The number of fused-ring (bicyclic) bond motifs is 2. The van der Waals surface area contributed by atoms with E-state index in [-0.39, 0.29) is 30.1 Å². The van der Waals surface area contributed by atoms with E-state index in [0.717, 1.165) is 41.5 Å². The summed E-state index contributed by atoms with van der Waals surface area (Å²) in [4.78, 5) is 21.4. The van der Waals surface area contributed by atoms with Crippen molar-refractivity contribution in [1.82, 2.24) is 19.3 Å². The van der Waals surface area contributed by atoms with Crippen LogP contribution in [0, 0.1) is 5.92 Å². The van der Waals surface area contributed by atoms with Gasteiger partial charge < -0.3 is 15.0 Å². The van der Waals surface area contributed by atoms with Gasteiger partial charge in [-0.1, -0.05) is 13.8 Å². The monoisotopic (exact) mass is 511 g/mol. The minimum absolute atomic E-state index is 0.0905. The van der Waals surface area contributed by atoms with E-state index in [0.29, 0.717) is 35.6 Å². The molecule has 0 spiro atoms. The third-order valence-electron chi connectivity index (χ3n) is 7.02. The van der Waals surface area contributed by atoms with Crippen molar-refractivity contribution in [1.29, 1.82) is 0 Å². The fraction of sp³-hybridized carbons (Fsp3) is 0.500. The molecule has 1 aromatic carbocycles. The van der Waals surface area contributed by atoms with E-state index < -0.39 is 16.0 Å². The first-order valence-corrected chi connectivity index (χ1v) is 14.1. The summed E-state index contributed by atoms with van der Waals surface area (Å²) >= 11 is 0. The van der Waals surface area contributed by atoms with Crippen LogP contribution in [-0.2, 0) is 27.6 Å². The predicted molar refractivity (Wildman–Crippen MR) is 137 cm³/mol. The Labute approximate surface area is 211 Å². The average molecular weight is 512 g/mol. The van der Waals surface area contributed by atoms with Gasteiger partial charge in [0.2, 0.25) is 10.0 Å². The molecule has 2 aromatic heterocycles. The Hall–Kier alpha value is -2.98. The number of hydrogen-bond donors (Lipinski definition) is 2. The highest BCUT2D eigenvalue weighted by molar-refractivity contribution is 7.89. The normalized spacial score (nSPS) is 17.9. The summed E-state index contributed by atoms with van der Waals surface area (Å²) in [6.07, 6.45) is 7.43. The molecule has 1 unspecified atom stereocenters. The number of sulfonamides is 1. The maximum Gasteiger partial charge on any atom is 0.360 e. The maximum atomic E-state index is 13.8. The Morgan fingerprint density at radius 3 is 2.72 bits per heavy atom.